The summed E-state index contributed by atoms with van der Waals surface area (Å²) >= 11 is 1.47. The van der Waals surface area contributed by atoms with Crippen LogP contribution in [0.2, 0.25) is 0 Å². The lowest BCUT2D eigenvalue weighted by Crippen LogP contribution is -2.34. The molecule has 164 valence electrons. The molecule has 2 aromatic rings. The Labute approximate surface area is 186 Å². The zero-order valence-electron chi connectivity index (χ0n) is 17.4. The van der Waals surface area contributed by atoms with Crippen molar-refractivity contribution in [2.24, 2.45) is 0 Å². The normalized spacial score (nSPS) is 18.5. The third-order valence-corrected chi connectivity index (χ3v) is 8.86. The molecule has 2 heterocycles. The first-order chi connectivity index (χ1) is 14.9. The van der Waals surface area contributed by atoms with Gasteiger partial charge in [0.05, 0.1) is 16.6 Å². The summed E-state index contributed by atoms with van der Waals surface area (Å²) in [7, 11) is -2.12. The van der Waals surface area contributed by atoms with Crippen LogP contribution in [-0.4, -0.2) is 44.9 Å². The molecule has 1 atom stereocenters. The molecule has 1 aliphatic heterocycles. The number of aryl methyl sites for hydroxylation is 1. The third kappa shape index (κ3) is 4.53. The number of ether oxygens (including phenoxy) is 1. The largest absolute Gasteiger partial charge is 0.377 e. The Morgan fingerprint density at radius 1 is 1.26 bits per heavy atom. The monoisotopic (exact) mass is 459 g/mol. The molecule has 31 heavy (non-hydrogen) atoms. The van der Waals surface area contributed by atoms with Crippen LogP contribution in [0.4, 0.5) is 5.00 Å². The van der Waals surface area contributed by atoms with E-state index in [1.807, 2.05) is 0 Å². The Kier molecular flexibility index (Phi) is 6.44. The Morgan fingerprint density at radius 2 is 2.00 bits per heavy atom. The van der Waals surface area contributed by atoms with Crippen LogP contribution in [0, 0.1) is 11.3 Å². The number of carbonyl (C=O) groups excluding carboxylic acids is 1. The fraction of sp³-hybridized carbons (Fsp3) is 0.455. The minimum Gasteiger partial charge on any atom is -0.377 e. The molecule has 4 rings (SSSR count). The molecule has 1 fully saturated rings. The van der Waals surface area contributed by atoms with E-state index in [-0.39, 0.29) is 16.9 Å². The molecule has 1 aliphatic carbocycles. The maximum Gasteiger partial charge on any atom is 0.256 e. The molecule has 0 spiro atoms. The fourth-order valence-corrected chi connectivity index (χ4v) is 6.52. The minimum atomic E-state index is -3.66. The number of sulfonamides is 1. The van der Waals surface area contributed by atoms with Crippen LogP contribution in [0.5, 0.6) is 0 Å². The summed E-state index contributed by atoms with van der Waals surface area (Å²) in [5.41, 5.74) is 1.96. The topological polar surface area (TPSA) is 99.5 Å². The molecule has 0 unspecified atom stereocenters. The molecule has 1 amide bonds. The first-order valence-electron chi connectivity index (χ1n) is 10.4. The van der Waals surface area contributed by atoms with Crippen molar-refractivity contribution < 1.29 is 17.9 Å². The summed E-state index contributed by atoms with van der Waals surface area (Å²) in [6.45, 7) is 0.980. The fourth-order valence-electron chi connectivity index (χ4n) is 4.08. The lowest BCUT2D eigenvalue weighted by Gasteiger charge is -2.20. The van der Waals surface area contributed by atoms with E-state index in [0.29, 0.717) is 29.3 Å². The standard InChI is InChI=1S/C22H25N3O4S2/c1-25(14-16-5-4-12-29-16)31(27,28)17-10-8-15(9-11-17)21(26)24-22-19(13-23)18-6-2-3-7-20(18)30-22/h8-11,16H,2-7,12,14H2,1H3,(H,24,26)/t16-/m0/s1. The molecule has 1 N–H and O–H groups in total. The van der Waals surface area contributed by atoms with Crippen LogP contribution in [0.1, 0.15) is 52.0 Å². The highest BCUT2D eigenvalue weighted by Gasteiger charge is 2.26. The molecule has 7 nitrogen and oxygen atoms in total. The van der Waals surface area contributed by atoms with Crippen molar-refractivity contribution in [3.05, 3.63) is 45.8 Å². The Hall–Kier alpha value is -2.25. The number of nitrogens with one attached hydrogen (secondary N) is 1. The number of hydrogen-bond donors (Lipinski definition) is 1. The van der Waals surface area contributed by atoms with E-state index >= 15 is 0 Å². The number of nitrogens with zero attached hydrogens (tertiary/aromatic N) is 2. The number of anilines is 1. The summed E-state index contributed by atoms with van der Waals surface area (Å²) in [6.07, 6.45) is 5.70. The zero-order valence-corrected chi connectivity index (χ0v) is 19.0. The number of thiophene rings is 1. The van der Waals surface area contributed by atoms with Gasteiger partial charge in [-0.2, -0.15) is 9.57 Å². The van der Waals surface area contributed by atoms with E-state index in [0.717, 1.165) is 44.1 Å². The van der Waals surface area contributed by atoms with Gasteiger partial charge in [0.2, 0.25) is 10.0 Å². The summed E-state index contributed by atoms with van der Waals surface area (Å²) < 4.78 is 32.5. The van der Waals surface area contributed by atoms with Crippen LogP contribution < -0.4 is 5.32 Å². The maximum atomic E-state index is 12.8. The third-order valence-electron chi connectivity index (χ3n) is 5.82. The van der Waals surface area contributed by atoms with Crippen LogP contribution >= 0.6 is 11.3 Å². The molecule has 9 heteroatoms. The predicted octanol–water partition coefficient (Wildman–Crippen LogP) is 3.55. The van der Waals surface area contributed by atoms with Gasteiger partial charge in [0.1, 0.15) is 11.1 Å². The molecule has 1 aromatic heterocycles. The number of benzene rings is 1. The average Bonchev–Trinajstić information content (AvgIpc) is 3.40. The number of fused-ring (bicyclic) bond motifs is 1. The maximum absolute atomic E-state index is 12.8. The summed E-state index contributed by atoms with van der Waals surface area (Å²) in [4.78, 5) is 14.0. The molecule has 1 aromatic carbocycles. The molecular formula is C22H25N3O4S2. The number of rotatable bonds is 6. The molecule has 0 saturated carbocycles. The van der Waals surface area contributed by atoms with Gasteiger partial charge < -0.3 is 10.1 Å². The summed E-state index contributed by atoms with van der Waals surface area (Å²) in [5.74, 6) is -0.355. The van der Waals surface area contributed by atoms with Crippen molar-refractivity contribution in [3.63, 3.8) is 0 Å². The van der Waals surface area contributed by atoms with Gasteiger partial charge in [-0.3, -0.25) is 4.79 Å². The van der Waals surface area contributed by atoms with E-state index in [4.69, 9.17) is 4.74 Å². The average molecular weight is 460 g/mol. The van der Waals surface area contributed by atoms with Gasteiger partial charge in [-0.1, -0.05) is 0 Å². The highest BCUT2D eigenvalue weighted by atomic mass is 32.2. The number of amides is 1. The number of hydrogen-bond acceptors (Lipinski definition) is 6. The van der Waals surface area contributed by atoms with Gasteiger partial charge in [-0.25, -0.2) is 8.42 Å². The smallest absolute Gasteiger partial charge is 0.256 e. The summed E-state index contributed by atoms with van der Waals surface area (Å²) in [6, 6.07) is 8.13. The van der Waals surface area contributed by atoms with Crippen molar-refractivity contribution >= 4 is 32.3 Å². The van der Waals surface area contributed by atoms with Gasteiger partial charge in [-0.15, -0.1) is 11.3 Å². The SMILES string of the molecule is CN(C[C@@H]1CCCO1)S(=O)(=O)c1ccc(C(=O)Nc2sc3c(c2C#N)CCCC3)cc1. The van der Waals surface area contributed by atoms with E-state index in [1.165, 1.54) is 44.8 Å². The molecule has 1 saturated heterocycles. The first-order valence-corrected chi connectivity index (χ1v) is 12.7. The van der Waals surface area contributed by atoms with Crippen molar-refractivity contribution in [1.82, 2.24) is 4.31 Å². The number of carbonyl (C=O) groups is 1. The van der Waals surface area contributed by atoms with Crippen LogP contribution in [0.25, 0.3) is 0 Å². The van der Waals surface area contributed by atoms with E-state index < -0.39 is 10.0 Å². The Morgan fingerprint density at radius 3 is 2.68 bits per heavy atom. The van der Waals surface area contributed by atoms with Crippen LogP contribution in [0.3, 0.4) is 0 Å². The molecule has 0 radical (unpaired) electrons. The van der Waals surface area contributed by atoms with E-state index in [2.05, 4.69) is 11.4 Å². The van der Waals surface area contributed by atoms with Crippen LogP contribution in [0.15, 0.2) is 29.2 Å². The second-order valence-electron chi connectivity index (χ2n) is 7.93. The van der Waals surface area contributed by atoms with Crippen molar-refractivity contribution in [2.75, 3.05) is 25.5 Å². The lowest BCUT2D eigenvalue weighted by molar-refractivity contribution is 0.0979. The van der Waals surface area contributed by atoms with Crippen molar-refractivity contribution in [3.8, 4) is 6.07 Å². The van der Waals surface area contributed by atoms with Gasteiger partial charge in [-0.05, 0) is 68.4 Å². The van der Waals surface area contributed by atoms with Gasteiger partial charge in [0.25, 0.3) is 5.91 Å². The molecular weight excluding hydrogens is 434 g/mol. The Balaban J connectivity index is 1.47. The predicted molar refractivity (Wildman–Crippen MR) is 119 cm³/mol. The lowest BCUT2D eigenvalue weighted by atomic mass is 9.96. The highest BCUT2D eigenvalue weighted by molar-refractivity contribution is 7.89. The second-order valence-corrected chi connectivity index (χ2v) is 11.1. The van der Waals surface area contributed by atoms with E-state index in [1.54, 1.807) is 7.05 Å². The van der Waals surface area contributed by atoms with Gasteiger partial charge in [0, 0.05) is 30.6 Å². The van der Waals surface area contributed by atoms with E-state index in [9.17, 15) is 18.5 Å². The van der Waals surface area contributed by atoms with Crippen molar-refractivity contribution in [1.29, 1.82) is 5.26 Å². The minimum absolute atomic E-state index is 0.0734. The molecule has 2 aliphatic rings. The van der Waals surface area contributed by atoms with Crippen molar-refractivity contribution in [2.45, 2.75) is 49.5 Å². The van der Waals surface area contributed by atoms with Gasteiger partial charge in [0.15, 0.2) is 0 Å². The number of nitriles is 1. The summed E-state index contributed by atoms with van der Waals surface area (Å²) in [5, 5.41) is 13.0. The highest BCUT2D eigenvalue weighted by Crippen LogP contribution is 2.37. The second kappa shape index (κ2) is 9.09. The number of likely N-dealkylation sites (N-methyl/N-ethyl adjacent to an activating group) is 1. The Bertz CT molecular complexity index is 1110. The first kappa shape index (κ1) is 22.0. The van der Waals surface area contributed by atoms with Gasteiger partial charge >= 0.3 is 0 Å². The quantitative estimate of drug-likeness (QED) is 0.712. The van der Waals surface area contributed by atoms with Crippen LogP contribution in [-0.2, 0) is 27.6 Å². The zero-order chi connectivity index (χ0) is 22.0. The molecule has 0 bridgehead atoms.